The van der Waals surface area contributed by atoms with E-state index in [1.54, 1.807) is 21.0 Å². The highest BCUT2D eigenvalue weighted by Crippen LogP contribution is 2.38. The van der Waals surface area contributed by atoms with E-state index in [1.807, 2.05) is 42.5 Å². The Morgan fingerprint density at radius 2 is 1.81 bits per heavy atom. The first-order chi connectivity index (χ1) is 14.9. The van der Waals surface area contributed by atoms with E-state index >= 15 is 0 Å². The average molecular weight is 426 g/mol. The van der Waals surface area contributed by atoms with Crippen LogP contribution in [0.4, 0.5) is 0 Å². The van der Waals surface area contributed by atoms with Crippen molar-refractivity contribution in [2.75, 3.05) is 13.7 Å². The van der Waals surface area contributed by atoms with E-state index in [0.717, 1.165) is 11.1 Å². The Bertz CT molecular complexity index is 1050. The molecule has 31 heavy (non-hydrogen) atoms. The summed E-state index contributed by atoms with van der Waals surface area (Å²) in [5.74, 6) is 1.07. The molecule has 0 aliphatic carbocycles. The molecule has 0 radical (unpaired) electrons. The van der Waals surface area contributed by atoms with Crippen LogP contribution in [0.2, 0.25) is 0 Å². The van der Waals surface area contributed by atoms with Gasteiger partial charge in [0, 0.05) is 12.8 Å². The van der Waals surface area contributed by atoms with Crippen molar-refractivity contribution in [1.82, 2.24) is 10.2 Å². The van der Waals surface area contributed by atoms with E-state index < -0.39 is 24.4 Å². The van der Waals surface area contributed by atoms with Gasteiger partial charge in [0.15, 0.2) is 0 Å². The molecule has 3 aromatic rings. The van der Waals surface area contributed by atoms with Crippen LogP contribution >= 0.6 is 0 Å². The topological polar surface area (TPSA) is 118 Å². The molecule has 1 aliphatic heterocycles. The van der Waals surface area contributed by atoms with Gasteiger partial charge in [0.25, 0.3) is 5.89 Å². The standard InChI is InChI=1S/C23H26N2O6/c1-12-19(11-26)31-22(21(28)20(12)27)16-6-4-5-14(9-16)15-7-8-17(18(10-15)29-3)23-25-24-13(2)30-23/h4-10,12,19-22,26-28H,11H2,1-3H3. The van der Waals surface area contributed by atoms with Crippen molar-refractivity contribution in [3.63, 3.8) is 0 Å². The van der Waals surface area contributed by atoms with Crippen molar-refractivity contribution in [3.8, 4) is 28.3 Å². The second kappa shape index (κ2) is 8.76. The third-order valence-electron chi connectivity index (χ3n) is 5.79. The molecule has 8 heteroatoms. The molecule has 0 saturated carbocycles. The van der Waals surface area contributed by atoms with Crippen LogP contribution in [-0.2, 0) is 4.74 Å². The lowest BCUT2D eigenvalue weighted by molar-refractivity contribution is -0.206. The lowest BCUT2D eigenvalue weighted by Crippen LogP contribution is -2.50. The predicted octanol–water partition coefficient (Wildman–Crippen LogP) is 2.51. The summed E-state index contributed by atoms with van der Waals surface area (Å²) in [4.78, 5) is 0. The van der Waals surface area contributed by atoms with Crippen LogP contribution in [0.5, 0.6) is 5.75 Å². The van der Waals surface area contributed by atoms with Crippen LogP contribution in [-0.4, -0.2) is 57.5 Å². The summed E-state index contributed by atoms with van der Waals surface area (Å²) >= 11 is 0. The first-order valence-electron chi connectivity index (χ1n) is 10.1. The van der Waals surface area contributed by atoms with E-state index in [1.165, 1.54) is 0 Å². The van der Waals surface area contributed by atoms with Gasteiger partial charge in [-0.15, -0.1) is 10.2 Å². The summed E-state index contributed by atoms with van der Waals surface area (Å²) in [5.41, 5.74) is 3.17. The van der Waals surface area contributed by atoms with E-state index in [-0.39, 0.29) is 12.5 Å². The number of aliphatic hydroxyl groups excluding tert-OH is 3. The van der Waals surface area contributed by atoms with Crippen LogP contribution in [0, 0.1) is 12.8 Å². The van der Waals surface area contributed by atoms with Gasteiger partial charge in [-0.2, -0.15) is 0 Å². The highest BCUT2D eigenvalue weighted by molar-refractivity contribution is 5.73. The first-order valence-corrected chi connectivity index (χ1v) is 10.1. The number of ether oxygens (including phenoxy) is 2. The molecule has 1 saturated heterocycles. The Hall–Kier alpha value is -2.78. The quantitative estimate of drug-likeness (QED) is 0.570. The lowest BCUT2D eigenvalue weighted by Gasteiger charge is -2.41. The van der Waals surface area contributed by atoms with E-state index in [9.17, 15) is 15.3 Å². The van der Waals surface area contributed by atoms with E-state index in [0.29, 0.717) is 28.7 Å². The van der Waals surface area contributed by atoms with E-state index in [4.69, 9.17) is 13.9 Å². The summed E-state index contributed by atoms with van der Waals surface area (Å²) in [6.45, 7) is 3.25. The summed E-state index contributed by atoms with van der Waals surface area (Å²) in [6, 6.07) is 13.2. The minimum absolute atomic E-state index is 0.227. The number of aliphatic hydroxyl groups is 3. The molecular weight excluding hydrogens is 400 g/mol. The maximum absolute atomic E-state index is 10.6. The smallest absolute Gasteiger partial charge is 0.251 e. The Labute approximate surface area is 180 Å². The van der Waals surface area contributed by atoms with Crippen molar-refractivity contribution in [3.05, 3.63) is 53.9 Å². The fourth-order valence-corrected chi connectivity index (χ4v) is 3.94. The fraction of sp³-hybridized carbons (Fsp3) is 0.391. The Morgan fingerprint density at radius 3 is 2.48 bits per heavy atom. The summed E-state index contributed by atoms with van der Waals surface area (Å²) < 4.78 is 17.0. The van der Waals surface area contributed by atoms with Crippen LogP contribution in [0.3, 0.4) is 0 Å². The molecule has 5 atom stereocenters. The molecule has 164 valence electrons. The molecule has 1 fully saturated rings. The summed E-state index contributed by atoms with van der Waals surface area (Å²) in [5, 5.41) is 38.5. The molecule has 3 N–H and O–H groups in total. The highest BCUT2D eigenvalue weighted by atomic mass is 16.5. The lowest BCUT2D eigenvalue weighted by atomic mass is 9.85. The minimum atomic E-state index is -1.09. The fourth-order valence-electron chi connectivity index (χ4n) is 3.94. The van der Waals surface area contributed by atoms with Crippen molar-refractivity contribution in [2.45, 2.75) is 38.3 Å². The van der Waals surface area contributed by atoms with Gasteiger partial charge in [-0.05, 0) is 34.9 Å². The van der Waals surface area contributed by atoms with Crippen molar-refractivity contribution < 1.29 is 29.2 Å². The third kappa shape index (κ3) is 4.07. The second-order valence-corrected chi connectivity index (χ2v) is 7.78. The Balaban J connectivity index is 1.67. The molecule has 1 aromatic heterocycles. The molecule has 0 spiro atoms. The van der Waals surface area contributed by atoms with Gasteiger partial charge < -0.3 is 29.2 Å². The third-order valence-corrected chi connectivity index (χ3v) is 5.79. The van der Waals surface area contributed by atoms with Gasteiger partial charge in [0.2, 0.25) is 5.89 Å². The molecule has 5 unspecified atom stereocenters. The number of nitrogens with zero attached hydrogens (tertiary/aromatic N) is 2. The van der Waals surface area contributed by atoms with Crippen molar-refractivity contribution in [1.29, 1.82) is 0 Å². The molecule has 4 rings (SSSR count). The first kappa shape index (κ1) is 21.5. The maximum atomic E-state index is 10.6. The van der Waals surface area contributed by atoms with Gasteiger partial charge in [-0.3, -0.25) is 0 Å². The predicted molar refractivity (Wildman–Crippen MR) is 112 cm³/mol. The molecule has 2 aromatic carbocycles. The van der Waals surface area contributed by atoms with Crippen molar-refractivity contribution in [2.24, 2.45) is 5.92 Å². The molecule has 8 nitrogen and oxygen atoms in total. The minimum Gasteiger partial charge on any atom is -0.496 e. The number of methoxy groups -OCH3 is 1. The Kier molecular flexibility index (Phi) is 6.06. The molecular formula is C23H26N2O6. The SMILES string of the molecule is COc1cc(-c2cccc(C3OC(CO)C(C)C(O)C3O)c2)ccc1-c1nnc(C)o1. The van der Waals surface area contributed by atoms with Gasteiger partial charge in [-0.1, -0.05) is 31.2 Å². The second-order valence-electron chi connectivity index (χ2n) is 7.78. The van der Waals surface area contributed by atoms with Gasteiger partial charge in [-0.25, -0.2) is 0 Å². The molecule has 0 amide bonds. The zero-order chi connectivity index (χ0) is 22.1. The largest absolute Gasteiger partial charge is 0.496 e. The molecule has 2 heterocycles. The monoisotopic (exact) mass is 426 g/mol. The number of hydrogen-bond acceptors (Lipinski definition) is 8. The number of hydrogen-bond donors (Lipinski definition) is 3. The average Bonchev–Trinajstić information content (AvgIpc) is 3.23. The van der Waals surface area contributed by atoms with Gasteiger partial charge in [0.1, 0.15) is 18.0 Å². The van der Waals surface area contributed by atoms with Crippen LogP contribution in [0.15, 0.2) is 46.9 Å². The molecule has 1 aliphatic rings. The Morgan fingerprint density at radius 1 is 1.03 bits per heavy atom. The van der Waals surface area contributed by atoms with Crippen LogP contribution in [0.25, 0.3) is 22.6 Å². The summed E-state index contributed by atoms with van der Waals surface area (Å²) in [6.07, 6.45) is -3.38. The number of rotatable bonds is 5. The van der Waals surface area contributed by atoms with E-state index in [2.05, 4.69) is 10.2 Å². The van der Waals surface area contributed by atoms with Gasteiger partial charge >= 0.3 is 0 Å². The van der Waals surface area contributed by atoms with Crippen LogP contribution in [0.1, 0.15) is 24.5 Å². The number of aryl methyl sites for hydroxylation is 1. The normalized spacial score (nSPS) is 26.1. The van der Waals surface area contributed by atoms with Crippen molar-refractivity contribution >= 4 is 0 Å². The highest BCUT2D eigenvalue weighted by Gasteiger charge is 2.42. The molecule has 0 bridgehead atoms. The summed E-state index contributed by atoms with van der Waals surface area (Å²) in [7, 11) is 1.58. The zero-order valence-corrected chi connectivity index (χ0v) is 17.6. The maximum Gasteiger partial charge on any atom is 0.251 e. The zero-order valence-electron chi connectivity index (χ0n) is 17.6. The van der Waals surface area contributed by atoms with Crippen LogP contribution < -0.4 is 4.74 Å². The number of benzene rings is 2. The van der Waals surface area contributed by atoms with Gasteiger partial charge in [0.05, 0.1) is 31.5 Å². The number of aromatic nitrogens is 2.